The van der Waals surface area contributed by atoms with Crippen LogP contribution in [0.5, 0.6) is 0 Å². The number of fused-ring (bicyclic) bond motifs is 4. The largest absolute Gasteiger partial charge is 0.389 e. The quantitative estimate of drug-likeness (QED) is 0.883. The van der Waals surface area contributed by atoms with Crippen LogP contribution in [0.1, 0.15) is 31.9 Å². The van der Waals surface area contributed by atoms with Crippen molar-refractivity contribution in [3.05, 3.63) is 34.2 Å². The van der Waals surface area contributed by atoms with Crippen molar-refractivity contribution in [2.75, 3.05) is 26.2 Å². The fraction of sp³-hybridized carbons (Fsp3) is 0.706. The SMILES string of the molecule is CC(C)OC[C@H](O)CN1C[C@@H]2C[C@H](C1)c1cccc(=O)n1C2. The Balaban J connectivity index is 1.65. The number of hydrogen-bond donors (Lipinski definition) is 1. The van der Waals surface area contributed by atoms with Crippen molar-refractivity contribution in [1.29, 1.82) is 0 Å². The van der Waals surface area contributed by atoms with Gasteiger partial charge in [0.15, 0.2) is 0 Å². The lowest BCUT2D eigenvalue weighted by Crippen LogP contribution is -2.49. The number of hydrogen-bond acceptors (Lipinski definition) is 4. The van der Waals surface area contributed by atoms with E-state index in [4.69, 9.17) is 4.74 Å². The lowest BCUT2D eigenvalue weighted by atomic mass is 9.83. The molecule has 1 fully saturated rings. The Morgan fingerprint density at radius 1 is 1.32 bits per heavy atom. The van der Waals surface area contributed by atoms with Crippen molar-refractivity contribution in [2.24, 2.45) is 5.92 Å². The topological polar surface area (TPSA) is 54.7 Å². The van der Waals surface area contributed by atoms with E-state index < -0.39 is 6.10 Å². The zero-order chi connectivity index (χ0) is 15.7. The highest BCUT2D eigenvalue weighted by Gasteiger charge is 2.34. The normalized spacial score (nSPS) is 26.0. The van der Waals surface area contributed by atoms with E-state index in [0.717, 1.165) is 31.7 Å². The molecule has 0 aromatic carbocycles. The molecule has 1 aromatic heterocycles. The Morgan fingerprint density at radius 3 is 2.91 bits per heavy atom. The summed E-state index contributed by atoms with van der Waals surface area (Å²) in [5.41, 5.74) is 1.27. The molecule has 22 heavy (non-hydrogen) atoms. The average Bonchev–Trinajstić information content (AvgIpc) is 2.46. The number of aromatic nitrogens is 1. The van der Waals surface area contributed by atoms with Crippen molar-refractivity contribution >= 4 is 0 Å². The fourth-order valence-corrected chi connectivity index (χ4v) is 3.80. The Bertz CT molecular complexity index is 569. The maximum atomic E-state index is 12.0. The van der Waals surface area contributed by atoms with Gasteiger partial charge in [-0.15, -0.1) is 0 Å². The molecule has 0 amide bonds. The van der Waals surface area contributed by atoms with Crippen LogP contribution in [0.25, 0.3) is 0 Å². The van der Waals surface area contributed by atoms with Crippen LogP contribution in [0.4, 0.5) is 0 Å². The Kier molecular flexibility index (Phi) is 4.66. The highest BCUT2D eigenvalue weighted by Crippen LogP contribution is 2.34. The highest BCUT2D eigenvalue weighted by molar-refractivity contribution is 5.16. The number of ether oxygens (including phenoxy) is 1. The summed E-state index contributed by atoms with van der Waals surface area (Å²) in [6, 6.07) is 5.58. The Labute approximate surface area is 131 Å². The molecule has 1 aromatic rings. The summed E-state index contributed by atoms with van der Waals surface area (Å²) in [5.74, 6) is 0.907. The summed E-state index contributed by atoms with van der Waals surface area (Å²) in [6.45, 7) is 7.67. The molecule has 2 bridgehead atoms. The van der Waals surface area contributed by atoms with Gasteiger partial charge in [-0.05, 0) is 32.3 Å². The monoisotopic (exact) mass is 306 g/mol. The minimum absolute atomic E-state index is 0.117. The molecule has 0 spiro atoms. The maximum absolute atomic E-state index is 12.0. The van der Waals surface area contributed by atoms with E-state index in [2.05, 4.69) is 11.0 Å². The highest BCUT2D eigenvalue weighted by atomic mass is 16.5. The van der Waals surface area contributed by atoms with Crippen LogP contribution in [0.3, 0.4) is 0 Å². The fourth-order valence-electron chi connectivity index (χ4n) is 3.80. The van der Waals surface area contributed by atoms with Gasteiger partial charge >= 0.3 is 0 Å². The summed E-state index contributed by atoms with van der Waals surface area (Å²) >= 11 is 0. The lowest BCUT2D eigenvalue weighted by molar-refractivity contribution is -0.0174. The first-order chi connectivity index (χ1) is 10.5. The molecule has 0 aliphatic carbocycles. The number of aliphatic hydroxyl groups is 1. The summed E-state index contributed by atoms with van der Waals surface area (Å²) in [4.78, 5) is 14.3. The predicted molar refractivity (Wildman–Crippen MR) is 85.1 cm³/mol. The van der Waals surface area contributed by atoms with E-state index in [1.165, 1.54) is 0 Å². The molecule has 5 nitrogen and oxygen atoms in total. The van der Waals surface area contributed by atoms with Gasteiger partial charge in [0.25, 0.3) is 5.56 Å². The molecule has 3 rings (SSSR count). The van der Waals surface area contributed by atoms with Gasteiger partial charge in [-0.25, -0.2) is 0 Å². The van der Waals surface area contributed by atoms with Gasteiger partial charge in [0, 0.05) is 43.9 Å². The van der Waals surface area contributed by atoms with Gasteiger partial charge in [0.2, 0.25) is 0 Å². The van der Waals surface area contributed by atoms with E-state index in [1.54, 1.807) is 6.07 Å². The molecule has 2 aliphatic rings. The Hall–Kier alpha value is -1.17. The number of nitrogens with zero attached hydrogens (tertiary/aromatic N) is 2. The van der Waals surface area contributed by atoms with E-state index in [9.17, 15) is 9.90 Å². The molecule has 3 atom stereocenters. The first-order valence-electron chi connectivity index (χ1n) is 8.24. The van der Waals surface area contributed by atoms with Gasteiger partial charge < -0.3 is 14.4 Å². The molecule has 2 aliphatic heterocycles. The summed E-state index contributed by atoms with van der Waals surface area (Å²) in [7, 11) is 0. The van der Waals surface area contributed by atoms with Crippen molar-refractivity contribution < 1.29 is 9.84 Å². The molecule has 5 heteroatoms. The third-order valence-corrected chi connectivity index (χ3v) is 4.65. The van der Waals surface area contributed by atoms with Crippen LogP contribution in [-0.2, 0) is 11.3 Å². The van der Waals surface area contributed by atoms with Crippen LogP contribution in [-0.4, -0.2) is 53.0 Å². The molecule has 1 N–H and O–H groups in total. The first kappa shape index (κ1) is 15.7. The molecule has 0 saturated carbocycles. The van der Waals surface area contributed by atoms with Crippen LogP contribution in [0.15, 0.2) is 23.0 Å². The minimum Gasteiger partial charge on any atom is -0.389 e. The maximum Gasteiger partial charge on any atom is 0.250 e. The van der Waals surface area contributed by atoms with Gasteiger partial charge in [0.1, 0.15) is 0 Å². The third kappa shape index (κ3) is 3.42. The van der Waals surface area contributed by atoms with Gasteiger partial charge in [-0.2, -0.15) is 0 Å². The molecule has 1 saturated heterocycles. The van der Waals surface area contributed by atoms with E-state index in [0.29, 0.717) is 25.0 Å². The number of aliphatic hydroxyl groups excluding tert-OH is 1. The summed E-state index contributed by atoms with van der Waals surface area (Å²) < 4.78 is 7.43. The third-order valence-electron chi connectivity index (χ3n) is 4.65. The molecule has 0 unspecified atom stereocenters. The second kappa shape index (κ2) is 6.52. The van der Waals surface area contributed by atoms with Crippen LogP contribution < -0.4 is 5.56 Å². The second-order valence-electron chi connectivity index (χ2n) is 6.95. The van der Waals surface area contributed by atoms with E-state index >= 15 is 0 Å². The van der Waals surface area contributed by atoms with Crippen molar-refractivity contribution in [3.8, 4) is 0 Å². The second-order valence-corrected chi connectivity index (χ2v) is 6.95. The minimum atomic E-state index is -0.445. The molecule has 122 valence electrons. The van der Waals surface area contributed by atoms with Gasteiger partial charge in [0.05, 0.1) is 18.8 Å². The van der Waals surface area contributed by atoms with Crippen LogP contribution in [0.2, 0.25) is 0 Å². The summed E-state index contributed by atoms with van der Waals surface area (Å²) in [5, 5.41) is 10.1. The standard InChI is InChI=1S/C17H26N2O3/c1-12(2)22-11-15(20)10-18-7-13-6-14(9-18)16-4-3-5-17(21)19(16)8-13/h3-5,12-15,20H,6-11H2,1-2H3/t13-,14+,15+/m0/s1. The number of β-amino-alcohol motifs (C(OH)–C–C–N with tert-alkyl or cyclic N) is 1. The van der Waals surface area contributed by atoms with Crippen LogP contribution in [0, 0.1) is 5.92 Å². The number of likely N-dealkylation sites (tertiary alicyclic amines) is 1. The molecular weight excluding hydrogens is 280 g/mol. The smallest absolute Gasteiger partial charge is 0.250 e. The molecule has 3 heterocycles. The van der Waals surface area contributed by atoms with Gasteiger partial charge in [-0.1, -0.05) is 6.07 Å². The zero-order valence-corrected chi connectivity index (χ0v) is 13.4. The van der Waals surface area contributed by atoms with E-state index in [1.807, 2.05) is 24.5 Å². The molecular formula is C17H26N2O3. The number of rotatable bonds is 5. The predicted octanol–water partition coefficient (Wildman–Crippen LogP) is 1.05. The first-order valence-corrected chi connectivity index (χ1v) is 8.24. The Morgan fingerprint density at radius 2 is 2.14 bits per heavy atom. The van der Waals surface area contributed by atoms with Crippen molar-refractivity contribution in [1.82, 2.24) is 9.47 Å². The number of pyridine rings is 1. The zero-order valence-electron chi connectivity index (χ0n) is 13.4. The summed E-state index contributed by atoms with van der Waals surface area (Å²) in [6.07, 6.45) is 0.853. The average molecular weight is 306 g/mol. The van der Waals surface area contributed by atoms with Crippen molar-refractivity contribution in [2.45, 2.75) is 44.9 Å². The number of piperidine rings is 1. The van der Waals surface area contributed by atoms with Gasteiger partial charge in [-0.3, -0.25) is 9.69 Å². The van der Waals surface area contributed by atoms with E-state index in [-0.39, 0.29) is 11.7 Å². The lowest BCUT2D eigenvalue weighted by Gasteiger charge is -2.43. The van der Waals surface area contributed by atoms with Crippen molar-refractivity contribution in [3.63, 3.8) is 0 Å². The molecule has 0 radical (unpaired) electrons. The van der Waals surface area contributed by atoms with Crippen LogP contribution >= 0.6 is 0 Å².